The fourth-order valence-electron chi connectivity index (χ4n) is 4.01. The zero-order chi connectivity index (χ0) is 23.5. The first-order valence-corrected chi connectivity index (χ1v) is 11.6. The van der Waals surface area contributed by atoms with Crippen molar-refractivity contribution in [1.29, 1.82) is 0 Å². The Morgan fingerprint density at radius 2 is 1.75 bits per heavy atom. The van der Waals surface area contributed by atoms with E-state index >= 15 is 0 Å². The van der Waals surface area contributed by atoms with E-state index in [0.717, 1.165) is 0 Å². The van der Waals surface area contributed by atoms with E-state index in [1.807, 2.05) is 25.3 Å². The number of pyridine rings is 1. The molecule has 11 heteroatoms. The second-order valence-corrected chi connectivity index (χ2v) is 9.66. The van der Waals surface area contributed by atoms with Crippen LogP contribution >= 0.6 is 0 Å². The van der Waals surface area contributed by atoms with Crippen molar-refractivity contribution in [2.45, 2.75) is 39.4 Å². The maximum absolute atomic E-state index is 13.7. The number of aromatic nitrogens is 1. The fraction of sp³-hybridized carbons (Fsp3) is 0.381. The van der Waals surface area contributed by atoms with Gasteiger partial charge >= 0.3 is 10.2 Å². The molecule has 172 valence electrons. The van der Waals surface area contributed by atoms with Gasteiger partial charge in [-0.1, -0.05) is 18.2 Å². The first-order valence-electron chi connectivity index (χ1n) is 10.2. The van der Waals surface area contributed by atoms with Crippen LogP contribution in [0.5, 0.6) is 0 Å². The number of amides is 2. The van der Waals surface area contributed by atoms with Gasteiger partial charge in [0.2, 0.25) is 5.91 Å². The van der Waals surface area contributed by atoms with E-state index in [4.69, 9.17) is 5.84 Å². The van der Waals surface area contributed by atoms with Gasteiger partial charge in [0, 0.05) is 38.3 Å². The molecule has 10 nitrogen and oxygen atoms in total. The summed E-state index contributed by atoms with van der Waals surface area (Å²) in [6.07, 6.45) is 1.35. The molecule has 0 radical (unpaired) electrons. The van der Waals surface area contributed by atoms with Crippen molar-refractivity contribution in [2.75, 3.05) is 17.4 Å². The quantitative estimate of drug-likeness (QED) is 0.374. The minimum atomic E-state index is -3.93. The van der Waals surface area contributed by atoms with Crippen LogP contribution in [0.2, 0.25) is 0 Å². The normalized spacial score (nSPS) is 19.4. The Hall–Kier alpha value is -3.02. The second kappa shape index (κ2) is 9.63. The van der Waals surface area contributed by atoms with Crippen molar-refractivity contribution in [1.82, 2.24) is 19.6 Å². The van der Waals surface area contributed by atoms with Crippen LogP contribution in [-0.4, -0.2) is 59.6 Å². The number of carbonyl (C=O) groups excluding carboxylic acids is 2. The minimum Gasteiger partial charge on any atom is -0.335 e. The van der Waals surface area contributed by atoms with Crippen molar-refractivity contribution in [3.8, 4) is 0 Å². The lowest BCUT2D eigenvalue weighted by molar-refractivity contribution is -0.135. The number of para-hydroxylation sites is 1. The van der Waals surface area contributed by atoms with Crippen molar-refractivity contribution in [3.63, 3.8) is 0 Å². The van der Waals surface area contributed by atoms with Crippen molar-refractivity contribution in [3.05, 3.63) is 59.9 Å². The Kier molecular flexibility index (Phi) is 7.12. The molecular formula is C21H28N6O4S. The van der Waals surface area contributed by atoms with Gasteiger partial charge in [0.25, 0.3) is 5.91 Å². The largest absolute Gasteiger partial charge is 0.335 e. The lowest BCUT2D eigenvalue weighted by Crippen LogP contribution is -2.61. The molecule has 0 aliphatic carbocycles. The number of hydrazine groups is 1. The molecule has 1 aromatic carbocycles. The van der Waals surface area contributed by atoms with Crippen LogP contribution in [0.25, 0.3) is 0 Å². The van der Waals surface area contributed by atoms with Gasteiger partial charge in [0.05, 0.1) is 23.5 Å². The van der Waals surface area contributed by atoms with Gasteiger partial charge in [-0.2, -0.15) is 12.7 Å². The highest BCUT2D eigenvalue weighted by atomic mass is 32.2. The number of nitrogen functional groups attached to an aromatic ring is 1. The monoisotopic (exact) mass is 460 g/mol. The number of benzene rings is 1. The zero-order valence-electron chi connectivity index (χ0n) is 18.3. The van der Waals surface area contributed by atoms with Crippen molar-refractivity contribution >= 4 is 27.7 Å². The zero-order valence-corrected chi connectivity index (χ0v) is 19.1. The summed E-state index contributed by atoms with van der Waals surface area (Å²) in [7, 11) is -3.93. The Labute approximate surface area is 188 Å². The molecule has 2 atom stereocenters. The third-order valence-corrected chi connectivity index (χ3v) is 7.27. The molecule has 2 aromatic rings. The number of piperazine rings is 1. The molecule has 0 bridgehead atoms. The number of rotatable bonds is 6. The topological polar surface area (TPSA) is 129 Å². The van der Waals surface area contributed by atoms with E-state index in [1.165, 1.54) is 27.8 Å². The number of nitrogens with zero attached hydrogens (tertiary/aromatic N) is 4. The Bertz CT molecular complexity index is 1050. The number of nitrogens with two attached hydrogens (primary N) is 1. The number of hydrogen-bond acceptors (Lipinski definition) is 6. The van der Waals surface area contributed by atoms with Gasteiger partial charge < -0.3 is 4.90 Å². The van der Waals surface area contributed by atoms with E-state index in [2.05, 4.69) is 4.98 Å². The van der Waals surface area contributed by atoms with E-state index in [-0.39, 0.29) is 43.2 Å². The minimum absolute atomic E-state index is 0.0213. The van der Waals surface area contributed by atoms with Crippen LogP contribution in [0.4, 0.5) is 5.69 Å². The highest BCUT2D eigenvalue weighted by molar-refractivity contribution is 7.90. The van der Waals surface area contributed by atoms with Gasteiger partial charge in [-0.3, -0.25) is 24.3 Å². The van der Waals surface area contributed by atoms with Crippen LogP contribution in [0.15, 0.2) is 48.7 Å². The van der Waals surface area contributed by atoms with E-state index in [0.29, 0.717) is 11.4 Å². The molecule has 1 aliphatic heterocycles. The summed E-state index contributed by atoms with van der Waals surface area (Å²) in [5, 5.41) is 0. The lowest BCUT2D eigenvalue weighted by Gasteiger charge is -2.44. The Morgan fingerprint density at radius 1 is 1.12 bits per heavy atom. The summed E-state index contributed by atoms with van der Waals surface area (Å²) in [6, 6.07) is 11.4. The number of anilines is 1. The van der Waals surface area contributed by atoms with Crippen LogP contribution in [-0.2, 0) is 21.5 Å². The second-order valence-electron chi connectivity index (χ2n) is 7.80. The molecule has 1 aromatic heterocycles. The van der Waals surface area contributed by atoms with Crippen LogP contribution in [0.1, 0.15) is 36.8 Å². The summed E-state index contributed by atoms with van der Waals surface area (Å²) < 4.78 is 30.1. The molecule has 32 heavy (non-hydrogen) atoms. The highest BCUT2D eigenvalue weighted by Gasteiger charge is 2.39. The van der Waals surface area contributed by atoms with Gasteiger partial charge in [0.15, 0.2) is 0 Å². The lowest BCUT2D eigenvalue weighted by atomic mass is 10.1. The van der Waals surface area contributed by atoms with Crippen LogP contribution in [0, 0.1) is 0 Å². The molecular weight excluding hydrogens is 432 g/mol. The van der Waals surface area contributed by atoms with E-state index in [1.54, 1.807) is 35.2 Å². The van der Waals surface area contributed by atoms with E-state index in [9.17, 15) is 18.0 Å². The predicted octanol–water partition coefficient (Wildman–Crippen LogP) is 0.878. The average molecular weight is 461 g/mol. The molecule has 0 spiro atoms. The number of hydrogen-bond donors (Lipinski definition) is 2. The molecule has 1 saturated heterocycles. The molecule has 1 fully saturated rings. The number of carbonyl (C=O) groups is 2. The maximum atomic E-state index is 13.7. The Balaban J connectivity index is 1.92. The van der Waals surface area contributed by atoms with Crippen molar-refractivity contribution < 1.29 is 18.0 Å². The summed E-state index contributed by atoms with van der Waals surface area (Å²) >= 11 is 0. The third kappa shape index (κ3) is 4.90. The molecule has 3 N–H and O–H groups in total. The SMILES string of the molecule is CC(=O)N1[C@H](C)CN(S(=O)(=O)N(Cc2ccc(C(=O)NN)cn2)c2ccccc2)C[C@@H]1C. The summed E-state index contributed by atoms with van der Waals surface area (Å²) in [5.41, 5.74) is 3.27. The molecule has 3 rings (SSSR count). The fourth-order valence-corrected chi connectivity index (χ4v) is 5.78. The van der Waals surface area contributed by atoms with Gasteiger partial charge in [-0.25, -0.2) is 5.84 Å². The molecule has 0 unspecified atom stereocenters. The summed E-state index contributed by atoms with van der Waals surface area (Å²) in [4.78, 5) is 29.6. The highest BCUT2D eigenvalue weighted by Crippen LogP contribution is 2.26. The smallest absolute Gasteiger partial charge is 0.304 e. The maximum Gasteiger partial charge on any atom is 0.304 e. The van der Waals surface area contributed by atoms with Gasteiger partial charge in [-0.15, -0.1) is 0 Å². The van der Waals surface area contributed by atoms with E-state index < -0.39 is 16.1 Å². The molecule has 2 heterocycles. The standard InChI is InChI=1S/C21H28N6O4S/c1-15-12-25(13-16(2)27(15)17(3)28)32(30,31)26(20-7-5-4-6-8-20)14-19-10-9-18(11-23-19)21(29)24-22/h4-11,15-16H,12-14,22H2,1-3H3,(H,24,29)/t15-,16+. The summed E-state index contributed by atoms with van der Waals surface area (Å²) in [6.45, 7) is 5.54. The number of nitrogens with one attached hydrogen (secondary N) is 1. The average Bonchev–Trinajstić information content (AvgIpc) is 2.77. The first kappa shape index (κ1) is 23.6. The van der Waals surface area contributed by atoms with Crippen molar-refractivity contribution in [2.24, 2.45) is 5.84 Å². The Morgan fingerprint density at radius 3 is 2.25 bits per heavy atom. The first-order chi connectivity index (χ1) is 15.1. The third-order valence-electron chi connectivity index (χ3n) is 5.42. The van der Waals surface area contributed by atoms with Crippen LogP contribution in [0.3, 0.4) is 0 Å². The molecule has 0 saturated carbocycles. The van der Waals surface area contributed by atoms with Gasteiger partial charge in [0.1, 0.15) is 0 Å². The molecule has 2 amide bonds. The van der Waals surface area contributed by atoms with Gasteiger partial charge in [-0.05, 0) is 38.1 Å². The molecule has 1 aliphatic rings. The summed E-state index contributed by atoms with van der Waals surface area (Å²) in [5.74, 6) is 4.58. The predicted molar refractivity (Wildman–Crippen MR) is 120 cm³/mol. The van der Waals surface area contributed by atoms with Crippen LogP contribution < -0.4 is 15.6 Å².